The molecule has 0 aliphatic heterocycles. The van der Waals surface area contributed by atoms with Crippen molar-refractivity contribution in [1.82, 2.24) is 5.32 Å². The van der Waals surface area contributed by atoms with Crippen LogP contribution < -0.4 is 11.1 Å². The first kappa shape index (κ1) is 13.9. The smallest absolute Gasteiger partial charge is 0.222 e. The fourth-order valence-electron chi connectivity index (χ4n) is 3.72. The Morgan fingerprint density at radius 3 is 2.56 bits per heavy atom. The molecule has 2 aliphatic rings. The van der Waals surface area contributed by atoms with Crippen molar-refractivity contribution in [2.75, 3.05) is 0 Å². The Morgan fingerprint density at radius 2 is 1.89 bits per heavy atom. The van der Waals surface area contributed by atoms with Gasteiger partial charge in [-0.3, -0.25) is 4.79 Å². The summed E-state index contributed by atoms with van der Waals surface area (Å²) < 4.78 is 0. The van der Waals surface area contributed by atoms with Gasteiger partial charge < -0.3 is 11.1 Å². The fourth-order valence-corrected chi connectivity index (χ4v) is 3.72. The van der Waals surface area contributed by atoms with Gasteiger partial charge in [-0.1, -0.05) is 39.0 Å². The number of nitrogens with two attached hydrogens (primary N) is 1. The van der Waals surface area contributed by atoms with E-state index in [0.717, 1.165) is 19.3 Å². The van der Waals surface area contributed by atoms with Gasteiger partial charge in [0.15, 0.2) is 0 Å². The molecule has 3 nitrogen and oxygen atoms in total. The monoisotopic (exact) mass is 252 g/mol. The van der Waals surface area contributed by atoms with E-state index in [9.17, 15) is 4.79 Å². The van der Waals surface area contributed by atoms with E-state index in [-0.39, 0.29) is 11.4 Å². The van der Waals surface area contributed by atoms with Crippen molar-refractivity contribution in [1.29, 1.82) is 0 Å². The molecule has 0 saturated heterocycles. The van der Waals surface area contributed by atoms with Gasteiger partial charge in [-0.05, 0) is 31.6 Å². The number of rotatable bonds is 4. The van der Waals surface area contributed by atoms with Crippen LogP contribution in [0, 0.1) is 5.92 Å². The van der Waals surface area contributed by atoms with E-state index in [1.807, 2.05) is 0 Å². The summed E-state index contributed by atoms with van der Waals surface area (Å²) >= 11 is 0. The zero-order chi connectivity index (χ0) is 13.0. The molecule has 0 heterocycles. The van der Waals surface area contributed by atoms with Gasteiger partial charge in [-0.25, -0.2) is 0 Å². The number of hydrogen-bond acceptors (Lipinski definition) is 2. The van der Waals surface area contributed by atoms with E-state index in [1.165, 1.54) is 38.5 Å². The molecule has 2 aliphatic carbocycles. The molecular weight excluding hydrogens is 224 g/mol. The molecule has 2 saturated carbocycles. The average molecular weight is 252 g/mol. The molecule has 3 heteroatoms. The lowest BCUT2D eigenvalue weighted by molar-refractivity contribution is -0.123. The Morgan fingerprint density at radius 1 is 1.22 bits per heavy atom. The van der Waals surface area contributed by atoms with Crippen molar-refractivity contribution in [2.45, 2.75) is 82.7 Å². The van der Waals surface area contributed by atoms with E-state index in [2.05, 4.69) is 12.2 Å². The number of carbonyl (C=O) groups excluding carboxylic acids is 1. The summed E-state index contributed by atoms with van der Waals surface area (Å²) in [4.78, 5) is 12.1. The normalized spacial score (nSPS) is 31.2. The molecule has 0 spiro atoms. The molecule has 104 valence electrons. The van der Waals surface area contributed by atoms with Crippen LogP contribution in [-0.4, -0.2) is 17.5 Å². The second-order valence-corrected chi connectivity index (χ2v) is 6.37. The van der Waals surface area contributed by atoms with Crippen LogP contribution in [0.3, 0.4) is 0 Å². The van der Waals surface area contributed by atoms with Gasteiger partial charge in [0.05, 0.1) is 0 Å². The fraction of sp³-hybridized carbons (Fsp3) is 0.933. The third kappa shape index (κ3) is 3.47. The highest BCUT2D eigenvalue weighted by Crippen LogP contribution is 2.31. The summed E-state index contributed by atoms with van der Waals surface area (Å²) in [7, 11) is 0. The zero-order valence-electron chi connectivity index (χ0n) is 11.7. The van der Waals surface area contributed by atoms with Crippen LogP contribution in [0.15, 0.2) is 0 Å². The number of nitrogens with one attached hydrogen (secondary N) is 1. The van der Waals surface area contributed by atoms with Crippen molar-refractivity contribution >= 4 is 5.91 Å². The third-order valence-corrected chi connectivity index (χ3v) is 4.89. The summed E-state index contributed by atoms with van der Waals surface area (Å²) in [5.74, 6) is 0.866. The van der Waals surface area contributed by atoms with E-state index in [0.29, 0.717) is 18.4 Å². The first-order valence-corrected chi connectivity index (χ1v) is 7.71. The largest absolute Gasteiger partial charge is 0.353 e. The maximum absolute atomic E-state index is 12.1. The topological polar surface area (TPSA) is 55.1 Å². The molecule has 2 rings (SSSR count). The highest BCUT2D eigenvalue weighted by atomic mass is 16.1. The SMILES string of the molecule is CCC1CCCCC1NC(=O)CC1(N)CCCC1. The number of amides is 1. The molecule has 2 atom stereocenters. The second kappa shape index (κ2) is 6.05. The molecule has 0 radical (unpaired) electrons. The average Bonchev–Trinajstić information content (AvgIpc) is 2.76. The Bertz CT molecular complexity index is 284. The van der Waals surface area contributed by atoms with Gasteiger partial charge in [0.2, 0.25) is 5.91 Å². The molecule has 2 fully saturated rings. The van der Waals surface area contributed by atoms with Gasteiger partial charge in [-0.2, -0.15) is 0 Å². The Kier molecular flexibility index (Phi) is 4.66. The molecule has 0 aromatic rings. The minimum absolute atomic E-state index is 0.185. The minimum Gasteiger partial charge on any atom is -0.353 e. The van der Waals surface area contributed by atoms with Gasteiger partial charge in [0.25, 0.3) is 0 Å². The van der Waals surface area contributed by atoms with E-state index >= 15 is 0 Å². The predicted octanol–water partition coefficient (Wildman–Crippen LogP) is 2.73. The van der Waals surface area contributed by atoms with Gasteiger partial charge >= 0.3 is 0 Å². The van der Waals surface area contributed by atoms with Crippen molar-refractivity contribution in [3.05, 3.63) is 0 Å². The quantitative estimate of drug-likeness (QED) is 0.808. The second-order valence-electron chi connectivity index (χ2n) is 6.37. The summed E-state index contributed by atoms with van der Waals surface area (Å²) in [6, 6.07) is 0.404. The molecule has 3 N–H and O–H groups in total. The zero-order valence-corrected chi connectivity index (χ0v) is 11.7. The maximum atomic E-state index is 12.1. The maximum Gasteiger partial charge on any atom is 0.222 e. The van der Waals surface area contributed by atoms with Crippen LogP contribution in [0.25, 0.3) is 0 Å². The molecular formula is C15H28N2O. The summed E-state index contributed by atoms with van der Waals surface area (Å²) in [5, 5.41) is 3.25. The lowest BCUT2D eigenvalue weighted by Gasteiger charge is -2.32. The number of carbonyl (C=O) groups is 1. The summed E-state index contributed by atoms with van der Waals surface area (Å²) in [6.07, 6.45) is 11.1. The minimum atomic E-state index is -0.208. The molecule has 0 aromatic carbocycles. The molecule has 0 bridgehead atoms. The molecule has 18 heavy (non-hydrogen) atoms. The summed E-state index contributed by atoms with van der Waals surface area (Å²) in [5.41, 5.74) is 6.06. The third-order valence-electron chi connectivity index (χ3n) is 4.89. The van der Waals surface area contributed by atoms with Crippen molar-refractivity contribution < 1.29 is 4.79 Å². The molecule has 2 unspecified atom stereocenters. The van der Waals surface area contributed by atoms with Gasteiger partial charge in [-0.15, -0.1) is 0 Å². The predicted molar refractivity (Wildman–Crippen MR) is 74.2 cm³/mol. The van der Waals surface area contributed by atoms with E-state index in [4.69, 9.17) is 5.73 Å². The van der Waals surface area contributed by atoms with E-state index < -0.39 is 0 Å². The van der Waals surface area contributed by atoms with Crippen LogP contribution in [-0.2, 0) is 4.79 Å². The Balaban J connectivity index is 1.82. The van der Waals surface area contributed by atoms with E-state index in [1.54, 1.807) is 0 Å². The Hall–Kier alpha value is -0.570. The highest BCUT2D eigenvalue weighted by Gasteiger charge is 2.33. The molecule has 0 aromatic heterocycles. The van der Waals surface area contributed by atoms with Crippen LogP contribution in [0.4, 0.5) is 0 Å². The number of hydrogen-bond donors (Lipinski definition) is 2. The first-order valence-electron chi connectivity index (χ1n) is 7.71. The van der Waals surface area contributed by atoms with Crippen LogP contribution >= 0.6 is 0 Å². The standard InChI is InChI=1S/C15H28N2O/c1-2-12-7-3-4-8-13(12)17-14(18)11-15(16)9-5-6-10-15/h12-13H,2-11,16H2,1H3,(H,17,18). The lowest BCUT2D eigenvalue weighted by atomic mass is 9.82. The van der Waals surface area contributed by atoms with Crippen molar-refractivity contribution in [2.24, 2.45) is 11.7 Å². The highest BCUT2D eigenvalue weighted by molar-refractivity contribution is 5.77. The lowest BCUT2D eigenvalue weighted by Crippen LogP contribution is -2.47. The molecule has 1 amide bonds. The summed E-state index contributed by atoms with van der Waals surface area (Å²) in [6.45, 7) is 2.23. The van der Waals surface area contributed by atoms with Crippen molar-refractivity contribution in [3.8, 4) is 0 Å². The Labute approximate surface area is 111 Å². The van der Waals surface area contributed by atoms with Crippen molar-refractivity contribution in [3.63, 3.8) is 0 Å². The first-order chi connectivity index (χ1) is 8.63. The van der Waals surface area contributed by atoms with Gasteiger partial charge in [0, 0.05) is 18.0 Å². The van der Waals surface area contributed by atoms with Crippen LogP contribution in [0.2, 0.25) is 0 Å². The van der Waals surface area contributed by atoms with Gasteiger partial charge in [0.1, 0.15) is 0 Å². The van der Waals surface area contributed by atoms with Crippen LogP contribution in [0.5, 0.6) is 0 Å². The van der Waals surface area contributed by atoms with Crippen LogP contribution in [0.1, 0.15) is 71.1 Å².